The van der Waals surface area contributed by atoms with Gasteiger partial charge >= 0.3 is 0 Å². The zero-order chi connectivity index (χ0) is 20.3. The van der Waals surface area contributed by atoms with Crippen LogP contribution >= 0.6 is 0 Å². The summed E-state index contributed by atoms with van der Waals surface area (Å²) in [6, 6.07) is 6.40. The molecule has 2 unspecified atom stereocenters. The molecule has 7 heteroatoms. The molecule has 154 valence electrons. The Kier molecular flexibility index (Phi) is 3.82. The number of nitrogens with one attached hydrogen (secondary N) is 1. The van der Waals surface area contributed by atoms with Crippen LogP contribution in [0.25, 0.3) is 27.7 Å². The zero-order valence-corrected chi connectivity index (χ0v) is 17.4. The number of fused-ring (bicyclic) bond motifs is 4. The number of pyridine rings is 2. The molecule has 0 amide bonds. The third kappa shape index (κ3) is 2.61. The highest BCUT2D eigenvalue weighted by atomic mass is 16.5. The minimum Gasteiger partial charge on any atom is -0.492 e. The number of aromatic amines is 1. The van der Waals surface area contributed by atoms with E-state index in [-0.39, 0.29) is 0 Å². The molecule has 1 N–H and O–H groups in total. The molecule has 0 radical (unpaired) electrons. The summed E-state index contributed by atoms with van der Waals surface area (Å²) < 4.78 is 7.67. The Bertz CT molecular complexity index is 1230. The lowest BCUT2D eigenvalue weighted by molar-refractivity contribution is 0.307. The van der Waals surface area contributed by atoms with Crippen molar-refractivity contribution in [3.63, 3.8) is 0 Å². The van der Waals surface area contributed by atoms with E-state index in [1.165, 1.54) is 19.3 Å². The maximum Gasteiger partial charge on any atom is 0.178 e. The van der Waals surface area contributed by atoms with Gasteiger partial charge in [-0.25, -0.2) is 9.50 Å². The largest absolute Gasteiger partial charge is 0.492 e. The van der Waals surface area contributed by atoms with E-state index in [4.69, 9.17) is 9.72 Å². The quantitative estimate of drug-likeness (QED) is 0.551. The van der Waals surface area contributed by atoms with Gasteiger partial charge in [-0.3, -0.25) is 5.10 Å². The summed E-state index contributed by atoms with van der Waals surface area (Å²) in [5, 5.41) is 12.7. The first-order valence-electron chi connectivity index (χ1n) is 10.8. The molecule has 2 aliphatic rings. The van der Waals surface area contributed by atoms with E-state index in [0.29, 0.717) is 12.0 Å². The summed E-state index contributed by atoms with van der Waals surface area (Å²) in [6.45, 7) is 7.30. The van der Waals surface area contributed by atoms with Crippen LogP contribution in [-0.2, 0) is 0 Å². The molecule has 0 aromatic carbocycles. The molecule has 4 aromatic rings. The molecule has 1 saturated carbocycles. The van der Waals surface area contributed by atoms with Crippen LogP contribution in [0, 0.1) is 11.3 Å². The number of ether oxygens (including phenoxy) is 1. The van der Waals surface area contributed by atoms with E-state index in [2.05, 4.69) is 45.3 Å². The average molecular weight is 403 g/mol. The van der Waals surface area contributed by atoms with Gasteiger partial charge < -0.3 is 9.64 Å². The number of aromatic nitrogens is 5. The molecular weight excluding hydrogens is 376 g/mol. The molecule has 1 saturated heterocycles. The van der Waals surface area contributed by atoms with Crippen molar-refractivity contribution in [1.29, 1.82) is 0 Å². The van der Waals surface area contributed by atoms with E-state index >= 15 is 0 Å². The molecule has 7 nitrogen and oxygen atoms in total. The van der Waals surface area contributed by atoms with Crippen LogP contribution in [0.15, 0.2) is 36.8 Å². The van der Waals surface area contributed by atoms with E-state index < -0.39 is 0 Å². The molecule has 1 aliphatic heterocycles. The van der Waals surface area contributed by atoms with Crippen LogP contribution in [0.5, 0.6) is 5.75 Å². The molecule has 30 heavy (non-hydrogen) atoms. The Morgan fingerprint density at radius 2 is 2.23 bits per heavy atom. The number of nitrogens with zero attached hydrogens (tertiary/aromatic N) is 5. The Morgan fingerprint density at radius 1 is 1.30 bits per heavy atom. The van der Waals surface area contributed by atoms with Crippen molar-refractivity contribution in [3.8, 4) is 16.9 Å². The molecule has 0 bridgehead atoms. The number of H-pyrrole nitrogens is 1. The highest BCUT2D eigenvalue weighted by molar-refractivity contribution is 6.00. The highest BCUT2D eigenvalue weighted by Gasteiger charge is 2.46. The van der Waals surface area contributed by atoms with Crippen LogP contribution in [-0.4, -0.2) is 44.5 Å². The second-order valence-electron chi connectivity index (χ2n) is 8.98. The fourth-order valence-corrected chi connectivity index (χ4v) is 5.50. The minimum absolute atomic E-state index is 0.461. The summed E-state index contributed by atoms with van der Waals surface area (Å²) in [4.78, 5) is 7.33. The van der Waals surface area contributed by atoms with Crippen molar-refractivity contribution in [2.24, 2.45) is 11.3 Å². The first kappa shape index (κ1) is 17.7. The summed E-state index contributed by atoms with van der Waals surface area (Å²) in [5.41, 5.74) is 4.35. The van der Waals surface area contributed by atoms with Crippen molar-refractivity contribution in [2.45, 2.75) is 33.1 Å². The SMILES string of the molecule is CCOc1cc(-c2ccc(N3CC4CCCC4(C)C3)nc2)c2c3cn[nH]c3nn2c1. The van der Waals surface area contributed by atoms with E-state index in [1.807, 2.05) is 30.0 Å². The van der Waals surface area contributed by atoms with Gasteiger partial charge in [-0.1, -0.05) is 13.3 Å². The number of hydrogen-bond donors (Lipinski definition) is 1. The predicted molar refractivity (Wildman–Crippen MR) is 117 cm³/mol. The molecule has 6 rings (SSSR count). The number of hydrogen-bond acceptors (Lipinski definition) is 5. The van der Waals surface area contributed by atoms with Crippen molar-refractivity contribution < 1.29 is 4.74 Å². The monoisotopic (exact) mass is 402 g/mol. The topological polar surface area (TPSA) is 71.3 Å². The molecule has 2 fully saturated rings. The molecule has 4 aromatic heterocycles. The van der Waals surface area contributed by atoms with Gasteiger partial charge in [0.1, 0.15) is 11.6 Å². The summed E-state index contributed by atoms with van der Waals surface area (Å²) in [5.74, 6) is 2.68. The second kappa shape index (κ2) is 6.45. The number of anilines is 1. The molecule has 0 spiro atoms. The predicted octanol–water partition coefficient (Wildman–Crippen LogP) is 4.30. The van der Waals surface area contributed by atoms with Gasteiger partial charge in [-0.15, -0.1) is 5.10 Å². The normalized spacial score (nSPS) is 23.5. The molecule has 2 atom stereocenters. The molecule has 1 aliphatic carbocycles. The van der Waals surface area contributed by atoms with E-state index in [1.54, 1.807) is 0 Å². The summed E-state index contributed by atoms with van der Waals surface area (Å²) in [6.07, 6.45) is 9.80. The molecular formula is C23H26N6O. The lowest BCUT2D eigenvalue weighted by Crippen LogP contribution is -2.24. The van der Waals surface area contributed by atoms with Crippen molar-refractivity contribution in [2.75, 3.05) is 24.6 Å². The van der Waals surface area contributed by atoms with Crippen LogP contribution in [0.4, 0.5) is 5.82 Å². The van der Waals surface area contributed by atoms with Crippen molar-refractivity contribution in [3.05, 3.63) is 36.8 Å². The Morgan fingerprint density at radius 3 is 3.03 bits per heavy atom. The highest BCUT2D eigenvalue weighted by Crippen LogP contribution is 2.49. The van der Waals surface area contributed by atoms with Crippen LogP contribution < -0.4 is 9.64 Å². The van der Waals surface area contributed by atoms with Crippen LogP contribution in [0.3, 0.4) is 0 Å². The van der Waals surface area contributed by atoms with E-state index in [9.17, 15) is 0 Å². The van der Waals surface area contributed by atoms with Crippen LogP contribution in [0.2, 0.25) is 0 Å². The van der Waals surface area contributed by atoms with Gasteiger partial charge in [0, 0.05) is 30.4 Å². The van der Waals surface area contributed by atoms with Gasteiger partial charge in [0.15, 0.2) is 5.65 Å². The third-order valence-electron chi connectivity index (χ3n) is 7.08. The summed E-state index contributed by atoms with van der Waals surface area (Å²) >= 11 is 0. The van der Waals surface area contributed by atoms with Gasteiger partial charge in [0.05, 0.1) is 29.9 Å². The first-order valence-corrected chi connectivity index (χ1v) is 10.8. The lowest BCUT2D eigenvalue weighted by Gasteiger charge is -2.23. The Hall–Kier alpha value is -3.09. The van der Waals surface area contributed by atoms with Gasteiger partial charge in [-0.05, 0) is 49.3 Å². The smallest absolute Gasteiger partial charge is 0.178 e. The number of rotatable bonds is 4. The lowest BCUT2D eigenvalue weighted by atomic mass is 9.83. The molecule has 5 heterocycles. The fourth-order valence-electron chi connectivity index (χ4n) is 5.50. The second-order valence-corrected chi connectivity index (χ2v) is 8.98. The zero-order valence-electron chi connectivity index (χ0n) is 17.4. The summed E-state index contributed by atoms with van der Waals surface area (Å²) in [7, 11) is 0. The Labute approximate surface area is 175 Å². The van der Waals surface area contributed by atoms with Gasteiger partial charge in [-0.2, -0.15) is 5.10 Å². The maximum absolute atomic E-state index is 5.79. The maximum atomic E-state index is 5.79. The first-order chi connectivity index (χ1) is 14.6. The third-order valence-corrected chi connectivity index (χ3v) is 7.08. The van der Waals surface area contributed by atoms with E-state index in [0.717, 1.165) is 58.3 Å². The van der Waals surface area contributed by atoms with Crippen molar-refractivity contribution >= 4 is 22.4 Å². The Balaban J connectivity index is 1.40. The van der Waals surface area contributed by atoms with Gasteiger partial charge in [0.2, 0.25) is 0 Å². The van der Waals surface area contributed by atoms with Crippen molar-refractivity contribution in [1.82, 2.24) is 24.8 Å². The minimum atomic E-state index is 0.461. The van der Waals surface area contributed by atoms with Gasteiger partial charge in [0.25, 0.3) is 0 Å². The van der Waals surface area contributed by atoms with Crippen LogP contribution in [0.1, 0.15) is 33.1 Å². The average Bonchev–Trinajstić information content (AvgIpc) is 3.47. The fraction of sp³-hybridized carbons (Fsp3) is 0.435. The standard InChI is InChI=1S/C23H26N6O/c1-3-30-17-9-18(21-19-11-25-26-22(19)27-29(21)13-17)15-6-7-20(24-10-15)28-12-16-5-4-8-23(16,2)14-28/h6-7,9-11,13,16H,3-5,8,12,14H2,1-2H3,(H,26,27).